The highest BCUT2D eigenvalue weighted by molar-refractivity contribution is 5.85. The molecule has 0 saturated carbocycles. The zero-order chi connectivity index (χ0) is 16.1. The fourth-order valence-electron chi connectivity index (χ4n) is 2.18. The Morgan fingerprint density at radius 3 is 2.36 bits per heavy atom. The van der Waals surface area contributed by atoms with E-state index >= 15 is 0 Å². The lowest BCUT2D eigenvalue weighted by atomic mass is 9.96. The van der Waals surface area contributed by atoms with Crippen LogP contribution in [0, 0.1) is 21.4 Å². The van der Waals surface area contributed by atoms with Gasteiger partial charge in [0.2, 0.25) is 0 Å². The van der Waals surface area contributed by atoms with Crippen LogP contribution in [0.4, 0.5) is 11.4 Å². The molecule has 0 bridgehead atoms. The highest BCUT2D eigenvalue weighted by Crippen LogP contribution is 2.31. The van der Waals surface area contributed by atoms with Gasteiger partial charge in [0.25, 0.3) is 5.69 Å². The Morgan fingerprint density at radius 1 is 1.18 bits per heavy atom. The third-order valence-corrected chi connectivity index (χ3v) is 3.29. The molecule has 110 valence electrons. The number of allylic oxidation sites excluding steroid dienone is 1. The number of nitriles is 1. The van der Waals surface area contributed by atoms with Gasteiger partial charge in [0.15, 0.2) is 0 Å². The Morgan fingerprint density at radius 2 is 1.82 bits per heavy atom. The first-order valence-corrected chi connectivity index (χ1v) is 6.66. The van der Waals surface area contributed by atoms with E-state index in [1.54, 1.807) is 18.2 Å². The van der Waals surface area contributed by atoms with Crippen molar-refractivity contribution in [2.45, 2.75) is 0 Å². The van der Waals surface area contributed by atoms with Crippen LogP contribution in [0.3, 0.4) is 0 Å². The van der Waals surface area contributed by atoms with Crippen LogP contribution in [0.25, 0.3) is 5.57 Å². The molecule has 0 saturated heterocycles. The maximum atomic E-state index is 11.2. The quantitative estimate of drug-likeness (QED) is 0.490. The average molecular weight is 293 g/mol. The molecule has 5 heteroatoms. The average Bonchev–Trinajstić information content (AvgIpc) is 2.52. The van der Waals surface area contributed by atoms with E-state index in [9.17, 15) is 10.1 Å². The molecule has 0 unspecified atom stereocenters. The third-order valence-electron chi connectivity index (χ3n) is 3.29. The van der Waals surface area contributed by atoms with Crippen LogP contribution in [0.5, 0.6) is 0 Å². The maximum Gasteiger partial charge on any atom is 0.277 e. The summed E-state index contributed by atoms with van der Waals surface area (Å²) in [7, 11) is 3.87. The second kappa shape index (κ2) is 6.55. The molecule has 2 rings (SSSR count). The monoisotopic (exact) mass is 293 g/mol. The summed E-state index contributed by atoms with van der Waals surface area (Å²) in [4.78, 5) is 12.7. The van der Waals surface area contributed by atoms with Gasteiger partial charge in [-0.05, 0) is 23.8 Å². The Hall–Kier alpha value is -3.13. The number of benzene rings is 2. The lowest BCUT2D eigenvalue weighted by Crippen LogP contribution is -2.08. The van der Waals surface area contributed by atoms with Crippen molar-refractivity contribution in [1.82, 2.24) is 0 Å². The number of nitro groups is 1. The van der Waals surface area contributed by atoms with Crippen LogP contribution in [-0.4, -0.2) is 19.0 Å². The highest BCUT2D eigenvalue weighted by atomic mass is 16.6. The van der Waals surface area contributed by atoms with E-state index in [4.69, 9.17) is 5.26 Å². The topological polar surface area (TPSA) is 70.2 Å². The molecule has 2 aromatic rings. The molecule has 0 aromatic heterocycles. The summed E-state index contributed by atoms with van der Waals surface area (Å²) in [6, 6.07) is 15.9. The number of hydrogen-bond acceptors (Lipinski definition) is 4. The summed E-state index contributed by atoms with van der Waals surface area (Å²) >= 11 is 0. The zero-order valence-electron chi connectivity index (χ0n) is 12.4. The van der Waals surface area contributed by atoms with Crippen LogP contribution in [0.2, 0.25) is 0 Å². The van der Waals surface area contributed by atoms with Crippen molar-refractivity contribution in [2.24, 2.45) is 0 Å². The number of hydrogen-bond donors (Lipinski definition) is 0. The summed E-state index contributed by atoms with van der Waals surface area (Å²) in [5, 5.41) is 20.2. The first-order valence-electron chi connectivity index (χ1n) is 6.66. The van der Waals surface area contributed by atoms with Gasteiger partial charge in [-0.1, -0.05) is 24.3 Å². The van der Waals surface area contributed by atoms with Crippen molar-refractivity contribution >= 4 is 16.9 Å². The minimum Gasteiger partial charge on any atom is -0.378 e. The predicted octanol–water partition coefficient (Wildman–Crippen LogP) is 3.62. The van der Waals surface area contributed by atoms with Gasteiger partial charge in [0.05, 0.1) is 16.6 Å². The van der Waals surface area contributed by atoms with Crippen molar-refractivity contribution in [3.05, 3.63) is 75.8 Å². The van der Waals surface area contributed by atoms with Crippen LogP contribution in [-0.2, 0) is 0 Å². The minimum absolute atomic E-state index is 0.0133. The van der Waals surface area contributed by atoms with Crippen molar-refractivity contribution in [3.63, 3.8) is 0 Å². The molecule has 0 N–H and O–H groups in total. The minimum atomic E-state index is -0.436. The zero-order valence-corrected chi connectivity index (χ0v) is 12.4. The van der Waals surface area contributed by atoms with Gasteiger partial charge in [-0.3, -0.25) is 10.1 Å². The molecule has 0 heterocycles. The number of nitro benzene ring substituents is 1. The molecular formula is C17H15N3O2. The largest absolute Gasteiger partial charge is 0.378 e. The molecule has 0 radical (unpaired) electrons. The molecule has 0 spiro atoms. The molecule has 0 aliphatic rings. The summed E-state index contributed by atoms with van der Waals surface area (Å²) in [6.07, 6.45) is 1.34. The molecule has 0 amide bonds. The van der Waals surface area contributed by atoms with Gasteiger partial charge in [0, 0.05) is 37.5 Å². The standard InChI is InChI=1S/C17H15N3O2/c1-19(2)14-9-7-13(8-10-14)15(11-12-18)16-5-3-4-6-17(16)20(21)22/h3-11H,1-2H3/b15-11-. The molecule has 2 aromatic carbocycles. The van der Waals surface area contributed by atoms with Gasteiger partial charge in [-0.15, -0.1) is 0 Å². The first-order chi connectivity index (χ1) is 10.5. The maximum absolute atomic E-state index is 11.2. The highest BCUT2D eigenvalue weighted by Gasteiger charge is 2.17. The Bertz CT molecular complexity index is 756. The number of anilines is 1. The molecule has 0 aliphatic carbocycles. The van der Waals surface area contributed by atoms with Gasteiger partial charge in [-0.2, -0.15) is 5.26 Å². The summed E-state index contributed by atoms with van der Waals surface area (Å²) in [5.41, 5.74) is 2.75. The normalized spacial score (nSPS) is 10.9. The van der Waals surface area contributed by atoms with E-state index in [2.05, 4.69) is 0 Å². The van der Waals surface area contributed by atoms with E-state index in [1.807, 2.05) is 49.3 Å². The summed E-state index contributed by atoms with van der Waals surface area (Å²) in [6.45, 7) is 0. The molecule has 0 aliphatic heterocycles. The predicted molar refractivity (Wildman–Crippen MR) is 86.6 cm³/mol. The lowest BCUT2D eigenvalue weighted by molar-refractivity contribution is -0.385. The van der Waals surface area contributed by atoms with Gasteiger partial charge in [-0.25, -0.2) is 0 Å². The smallest absolute Gasteiger partial charge is 0.277 e. The second-order valence-electron chi connectivity index (χ2n) is 4.90. The van der Waals surface area contributed by atoms with Crippen molar-refractivity contribution in [2.75, 3.05) is 19.0 Å². The van der Waals surface area contributed by atoms with E-state index in [1.165, 1.54) is 12.1 Å². The van der Waals surface area contributed by atoms with E-state index in [0.29, 0.717) is 11.1 Å². The van der Waals surface area contributed by atoms with Crippen molar-refractivity contribution < 1.29 is 4.92 Å². The summed E-state index contributed by atoms with van der Waals surface area (Å²) < 4.78 is 0. The van der Waals surface area contributed by atoms with Crippen molar-refractivity contribution in [1.29, 1.82) is 5.26 Å². The van der Waals surface area contributed by atoms with E-state index in [-0.39, 0.29) is 5.69 Å². The molecule has 22 heavy (non-hydrogen) atoms. The SMILES string of the molecule is CN(C)c1ccc(/C(=C/C#N)c2ccccc2[N+](=O)[O-])cc1. The van der Waals surface area contributed by atoms with Crippen molar-refractivity contribution in [3.8, 4) is 6.07 Å². The second-order valence-corrected chi connectivity index (χ2v) is 4.90. The van der Waals surface area contributed by atoms with Crippen LogP contribution < -0.4 is 4.90 Å². The van der Waals surface area contributed by atoms with Gasteiger partial charge in [0.1, 0.15) is 0 Å². The molecule has 5 nitrogen and oxygen atoms in total. The van der Waals surface area contributed by atoms with E-state index in [0.717, 1.165) is 11.3 Å². The number of para-hydroxylation sites is 1. The molecule has 0 fully saturated rings. The Labute approximate surface area is 128 Å². The Kier molecular flexibility index (Phi) is 4.54. The number of rotatable bonds is 4. The van der Waals surface area contributed by atoms with Gasteiger partial charge < -0.3 is 4.90 Å². The van der Waals surface area contributed by atoms with Crippen LogP contribution in [0.1, 0.15) is 11.1 Å². The fourth-order valence-corrected chi connectivity index (χ4v) is 2.18. The van der Waals surface area contributed by atoms with Crippen LogP contribution in [0.15, 0.2) is 54.6 Å². The summed E-state index contributed by atoms with van der Waals surface area (Å²) in [5.74, 6) is 0. The lowest BCUT2D eigenvalue weighted by Gasteiger charge is -2.13. The Balaban J connectivity index is 2.55. The third kappa shape index (κ3) is 3.13. The number of nitrogens with zero attached hydrogens (tertiary/aromatic N) is 3. The van der Waals surface area contributed by atoms with Crippen LogP contribution >= 0.6 is 0 Å². The fraction of sp³-hybridized carbons (Fsp3) is 0.118. The molecule has 0 atom stereocenters. The van der Waals surface area contributed by atoms with E-state index < -0.39 is 4.92 Å². The van der Waals surface area contributed by atoms with Gasteiger partial charge >= 0.3 is 0 Å². The molecular weight excluding hydrogens is 278 g/mol. The first kappa shape index (κ1) is 15.3.